The van der Waals surface area contributed by atoms with Crippen LogP contribution in [0.3, 0.4) is 0 Å². The number of benzene rings is 2. The molecule has 0 aliphatic carbocycles. The molecule has 2 aromatic carbocycles. The van der Waals surface area contributed by atoms with Crippen molar-refractivity contribution in [2.75, 3.05) is 17.1 Å². The Morgan fingerprint density at radius 1 is 1.00 bits per heavy atom. The molecular weight excluding hydrogens is 533 g/mol. The Morgan fingerprint density at radius 2 is 1.63 bits per heavy atom. The van der Waals surface area contributed by atoms with E-state index in [0.29, 0.717) is 17.0 Å². The van der Waals surface area contributed by atoms with Crippen LogP contribution in [-0.2, 0) is 26.2 Å². The second kappa shape index (κ2) is 11.8. The molecule has 7 nitrogen and oxygen atoms in total. The molecule has 0 saturated heterocycles. The van der Waals surface area contributed by atoms with Gasteiger partial charge in [0.1, 0.15) is 12.6 Å². The van der Waals surface area contributed by atoms with Crippen LogP contribution < -0.4 is 9.62 Å². The number of sulfonamides is 1. The summed E-state index contributed by atoms with van der Waals surface area (Å²) in [4.78, 5) is 28.2. The highest BCUT2D eigenvalue weighted by Gasteiger charge is 2.33. The molecule has 0 aliphatic heterocycles. The van der Waals surface area contributed by atoms with E-state index >= 15 is 0 Å². The van der Waals surface area contributed by atoms with Gasteiger partial charge >= 0.3 is 0 Å². The maximum absolute atomic E-state index is 13.6. The zero-order chi connectivity index (χ0) is 26.6. The lowest BCUT2D eigenvalue weighted by molar-refractivity contribution is -0.141. The zero-order valence-corrected chi connectivity index (χ0v) is 23.4. The minimum Gasteiger partial charge on any atom is -0.350 e. The summed E-state index contributed by atoms with van der Waals surface area (Å²) in [6.45, 7) is 6.79. The van der Waals surface area contributed by atoms with Crippen molar-refractivity contribution in [2.24, 2.45) is 0 Å². The van der Waals surface area contributed by atoms with E-state index < -0.39 is 34.1 Å². The first-order valence-electron chi connectivity index (χ1n) is 10.9. The summed E-state index contributed by atoms with van der Waals surface area (Å²) in [5, 5.41) is 3.73. The third kappa shape index (κ3) is 8.27. The van der Waals surface area contributed by atoms with Gasteiger partial charge in [-0.2, -0.15) is 0 Å². The van der Waals surface area contributed by atoms with E-state index in [9.17, 15) is 18.0 Å². The number of halogens is 3. The third-order valence-corrected chi connectivity index (χ3v) is 7.30. The summed E-state index contributed by atoms with van der Waals surface area (Å²) < 4.78 is 26.2. The Balaban J connectivity index is 2.49. The van der Waals surface area contributed by atoms with Crippen LogP contribution >= 0.6 is 34.8 Å². The first kappa shape index (κ1) is 29.2. The molecule has 0 heterocycles. The summed E-state index contributed by atoms with van der Waals surface area (Å²) >= 11 is 18.4. The van der Waals surface area contributed by atoms with Crippen molar-refractivity contribution in [3.8, 4) is 0 Å². The highest BCUT2D eigenvalue weighted by Crippen LogP contribution is 2.29. The van der Waals surface area contributed by atoms with Crippen molar-refractivity contribution in [1.82, 2.24) is 10.2 Å². The summed E-state index contributed by atoms with van der Waals surface area (Å²) in [7, 11) is -3.88. The molecule has 0 saturated carbocycles. The normalized spacial score (nSPS) is 12.7. The standard InChI is InChI=1S/C24H30Cl3N3O4S/c1-6-21(23(32)28-24(2,3)4)29(14-16-9-7-8-10-18(16)25)22(31)15-30(35(5,33)34)17-11-12-19(26)20(27)13-17/h7-13,21H,6,14-15H2,1-5H3,(H,28,32)/t21-/m0/s1. The van der Waals surface area contributed by atoms with Crippen LogP contribution in [0.2, 0.25) is 15.1 Å². The van der Waals surface area contributed by atoms with Crippen LogP contribution in [-0.4, -0.2) is 49.5 Å². The Hall–Kier alpha value is -2.00. The first-order valence-corrected chi connectivity index (χ1v) is 13.9. The van der Waals surface area contributed by atoms with Gasteiger partial charge in [0.05, 0.1) is 22.0 Å². The van der Waals surface area contributed by atoms with Crippen molar-refractivity contribution < 1.29 is 18.0 Å². The van der Waals surface area contributed by atoms with Gasteiger partial charge in [-0.1, -0.05) is 59.9 Å². The quantitative estimate of drug-likeness (QED) is 0.459. The van der Waals surface area contributed by atoms with E-state index in [4.69, 9.17) is 34.8 Å². The Bertz CT molecular complexity index is 1180. The molecular formula is C24H30Cl3N3O4S. The van der Waals surface area contributed by atoms with Crippen LogP contribution in [0.15, 0.2) is 42.5 Å². The van der Waals surface area contributed by atoms with E-state index in [1.807, 2.05) is 20.8 Å². The van der Waals surface area contributed by atoms with E-state index in [1.165, 1.54) is 23.1 Å². The molecule has 35 heavy (non-hydrogen) atoms. The molecule has 2 rings (SSSR count). The van der Waals surface area contributed by atoms with Crippen LogP contribution in [0.25, 0.3) is 0 Å². The summed E-state index contributed by atoms with van der Waals surface area (Å²) in [6, 6.07) is 10.4. The fraction of sp³-hybridized carbons (Fsp3) is 0.417. The fourth-order valence-electron chi connectivity index (χ4n) is 3.44. The van der Waals surface area contributed by atoms with Gasteiger partial charge < -0.3 is 10.2 Å². The smallest absolute Gasteiger partial charge is 0.244 e. The maximum atomic E-state index is 13.6. The first-order chi connectivity index (χ1) is 16.1. The Labute approximate surface area is 222 Å². The molecule has 0 fully saturated rings. The lowest BCUT2D eigenvalue weighted by atomic mass is 10.1. The number of nitrogens with zero attached hydrogens (tertiary/aromatic N) is 2. The molecule has 0 unspecified atom stereocenters. The topological polar surface area (TPSA) is 86.8 Å². The van der Waals surface area contributed by atoms with Gasteiger partial charge in [0.25, 0.3) is 0 Å². The molecule has 0 bridgehead atoms. The van der Waals surface area contributed by atoms with Gasteiger partial charge in [-0.25, -0.2) is 8.42 Å². The number of amides is 2. The molecule has 0 aliphatic rings. The average molecular weight is 563 g/mol. The van der Waals surface area contributed by atoms with Crippen molar-refractivity contribution in [2.45, 2.75) is 52.2 Å². The van der Waals surface area contributed by atoms with Crippen LogP contribution in [0.5, 0.6) is 0 Å². The summed E-state index contributed by atoms with van der Waals surface area (Å²) in [6.07, 6.45) is 1.30. The lowest BCUT2D eigenvalue weighted by Gasteiger charge is -2.34. The molecule has 192 valence electrons. The molecule has 0 aromatic heterocycles. The zero-order valence-electron chi connectivity index (χ0n) is 20.3. The molecule has 1 N–H and O–H groups in total. The van der Waals surface area contributed by atoms with Gasteiger partial charge in [-0.3, -0.25) is 13.9 Å². The van der Waals surface area contributed by atoms with Crippen LogP contribution in [0.1, 0.15) is 39.7 Å². The molecule has 0 spiro atoms. The van der Waals surface area contributed by atoms with Gasteiger partial charge in [0.2, 0.25) is 21.8 Å². The predicted molar refractivity (Wildman–Crippen MR) is 143 cm³/mol. The third-order valence-electron chi connectivity index (χ3n) is 5.05. The van der Waals surface area contributed by atoms with Crippen LogP contribution in [0.4, 0.5) is 5.69 Å². The van der Waals surface area contributed by atoms with Gasteiger partial charge in [-0.05, 0) is 57.0 Å². The van der Waals surface area contributed by atoms with Crippen molar-refractivity contribution in [3.05, 3.63) is 63.1 Å². The number of rotatable bonds is 9. The van der Waals surface area contributed by atoms with Gasteiger partial charge in [-0.15, -0.1) is 0 Å². The van der Waals surface area contributed by atoms with Crippen molar-refractivity contribution in [3.63, 3.8) is 0 Å². The second-order valence-electron chi connectivity index (χ2n) is 9.14. The van der Waals surface area contributed by atoms with E-state index in [0.717, 1.165) is 10.6 Å². The highest BCUT2D eigenvalue weighted by atomic mass is 35.5. The fourth-order valence-corrected chi connectivity index (χ4v) is 4.77. The summed E-state index contributed by atoms with van der Waals surface area (Å²) in [5.41, 5.74) is 0.285. The number of hydrogen-bond donors (Lipinski definition) is 1. The second-order valence-corrected chi connectivity index (χ2v) is 12.3. The van der Waals surface area contributed by atoms with E-state index in [-0.39, 0.29) is 28.2 Å². The average Bonchev–Trinajstić information content (AvgIpc) is 2.73. The number of hydrogen-bond acceptors (Lipinski definition) is 4. The number of anilines is 1. The lowest BCUT2D eigenvalue weighted by Crippen LogP contribution is -2.55. The maximum Gasteiger partial charge on any atom is 0.244 e. The largest absolute Gasteiger partial charge is 0.350 e. The van der Waals surface area contributed by atoms with Crippen molar-refractivity contribution >= 4 is 62.3 Å². The summed E-state index contributed by atoms with van der Waals surface area (Å²) in [5.74, 6) is -0.918. The monoisotopic (exact) mass is 561 g/mol. The Kier molecular flexibility index (Phi) is 9.87. The minimum atomic E-state index is -3.88. The number of carbonyl (C=O) groups excluding carboxylic acids is 2. The highest BCUT2D eigenvalue weighted by molar-refractivity contribution is 7.92. The van der Waals surface area contributed by atoms with E-state index in [1.54, 1.807) is 31.2 Å². The molecule has 11 heteroatoms. The van der Waals surface area contributed by atoms with E-state index in [2.05, 4.69) is 5.32 Å². The minimum absolute atomic E-state index is 0.0214. The number of nitrogens with one attached hydrogen (secondary N) is 1. The SMILES string of the molecule is CC[C@@H](C(=O)NC(C)(C)C)N(Cc1ccccc1Cl)C(=O)CN(c1ccc(Cl)c(Cl)c1)S(C)(=O)=O. The van der Waals surface area contributed by atoms with Crippen LogP contribution in [0, 0.1) is 0 Å². The molecule has 0 radical (unpaired) electrons. The van der Waals surface area contributed by atoms with Crippen molar-refractivity contribution in [1.29, 1.82) is 0 Å². The molecule has 2 aromatic rings. The number of carbonyl (C=O) groups is 2. The molecule has 1 atom stereocenters. The van der Waals surface area contributed by atoms with Gasteiger partial charge in [0, 0.05) is 17.1 Å². The van der Waals surface area contributed by atoms with Gasteiger partial charge in [0.15, 0.2) is 0 Å². The predicted octanol–water partition coefficient (Wildman–Crippen LogP) is 5.13. The Morgan fingerprint density at radius 3 is 2.14 bits per heavy atom. The molecule has 2 amide bonds.